The van der Waals surface area contributed by atoms with E-state index in [0.717, 1.165) is 161 Å². The maximum Gasteiger partial charge on any atom is 0.306 e. The summed E-state index contributed by atoms with van der Waals surface area (Å²) >= 11 is 0. The molecule has 0 aliphatic rings. The number of hydrogen-bond donors (Lipinski definition) is 1. The standard InChI is InChI=1S/C69H119N2O7P/c1-7-10-13-16-19-22-25-28-30-32-33-34-35-36-37-38-39-40-42-44-47-50-53-56-59-62-69(73)78-67(60-57-54-51-48-45-27-24-21-18-15-12-9-3)66(65-77-79(74,75)76-64-63-71(4,5)6)70-68(72)61-58-55-52-49-46-43-41-31-29-26-23-20-17-14-11-8-2/h10-11,13-14,19-20,22-23,28-31,33-34,36-37,39-40,57,60,66-67H,7-9,12,15-18,21,24-27,32,35,38,41-56,58-59,61-65H2,1-6H3,(H-,70,72,74,75)/b13-10-,14-11+,22-19-,23-20+,30-28-,31-29+,34-33-,37-36-,40-39-,60-57-. The van der Waals surface area contributed by atoms with Crippen molar-refractivity contribution in [3.8, 4) is 0 Å². The molecule has 1 N–H and O–H groups in total. The van der Waals surface area contributed by atoms with Crippen LogP contribution in [0.2, 0.25) is 0 Å². The normalized spacial score (nSPS) is 14.5. The van der Waals surface area contributed by atoms with Crippen LogP contribution < -0.4 is 10.2 Å². The fourth-order valence-electron chi connectivity index (χ4n) is 8.54. The maximum atomic E-state index is 13.5. The fraction of sp³-hybridized carbons (Fsp3) is 0.681. The van der Waals surface area contributed by atoms with Gasteiger partial charge >= 0.3 is 5.97 Å². The molecular formula is C69H119N2O7P. The summed E-state index contributed by atoms with van der Waals surface area (Å²) in [6, 6.07) is -0.910. The van der Waals surface area contributed by atoms with Gasteiger partial charge in [-0.25, -0.2) is 0 Å². The van der Waals surface area contributed by atoms with Gasteiger partial charge in [-0.2, -0.15) is 0 Å². The van der Waals surface area contributed by atoms with Crippen LogP contribution in [0.1, 0.15) is 252 Å². The molecule has 79 heavy (non-hydrogen) atoms. The van der Waals surface area contributed by atoms with E-state index in [2.05, 4.69) is 135 Å². The second kappa shape index (κ2) is 57.6. The van der Waals surface area contributed by atoms with Crippen molar-refractivity contribution in [3.63, 3.8) is 0 Å². The van der Waals surface area contributed by atoms with Crippen LogP contribution in [-0.2, 0) is 27.9 Å². The number of carbonyl (C=O) groups excluding carboxylic acids is 2. The average Bonchev–Trinajstić information content (AvgIpc) is 3.41. The third-order valence-electron chi connectivity index (χ3n) is 13.4. The highest BCUT2D eigenvalue weighted by atomic mass is 31.2. The Hall–Kier alpha value is -3.59. The molecule has 0 fully saturated rings. The summed E-state index contributed by atoms with van der Waals surface area (Å²) in [6.45, 7) is 6.58. The molecule has 1 amide bonds. The summed E-state index contributed by atoms with van der Waals surface area (Å²) in [5.41, 5.74) is 0. The minimum absolute atomic E-state index is 0.0340. The van der Waals surface area contributed by atoms with Crippen LogP contribution in [-0.4, -0.2) is 69.4 Å². The Labute approximate surface area is 486 Å². The maximum absolute atomic E-state index is 13.5. The highest BCUT2D eigenvalue weighted by Crippen LogP contribution is 2.38. The molecule has 10 heteroatoms. The first-order valence-corrected chi connectivity index (χ1v) is 33.3. The molecular weight excluding hydrogens is 1000 g/mol. The third kappa shape index (κ3) is 58.9. The molecule has 9 nitrogen and oxygen atoms in total. The van der Waals surface area contributed by atoms with Crippen molar-refractivity contribution >= 4 is 19.7 Å². The van der Waals surface area contributed by atoms with Crippen molar-refractivity contribution in [2.45, 2.75) is 264 Å². The number of likely N-dealkylation sites (N-methyl/N-ethyl adjacent to an activating group) is 1. The Kier molecular flexibility index (Phi) is 55.0. The molecule has 452 valence electrons. The molecule has 0 saturated carbocycles. The second-order valence-corrected chi connectivity index (χ2v) is 23.6. The molecule has 0 saturated heterocycles. The van der Waals surface area contributed by atoms with Gasteiger partial charge < -0.3 is 28.5 Å². The number of hydrogen-bond acceptors (Lipinski definition) is 7. The molecule has 0 aromatic carbocycles. The minimum atomic E-state index is -4.71. The van der Waals surface area contributed by atoms with Crippen LogP contribution in [0.15, 0.2) is 122 Å². The van der Waals surface area contributed by atoms with Crippen LogP contribution in [0.3, 0.4) is 0 Å². The van der Waals surface area contributed by atoms with Gasteiger partial charge in [-0.15, -0.1) is 0 Å². The topological polar surface area (TPSA) is 114 Å². The van der Waals surface area contributed by atoms with Gasteiger partial charge in [0.25, 0.3) is 7.82 Å². The number of quaternary nitrogens is 1. The zero-order valence-electron chi connectivity index (χ0n) is 51.5. The highest BCUT2D eigenvalue weighted by molar-refractivity contribution is 7.45. The van der Waals surface area contributed by atoms with Gasteiger partial charge in [-0.1, -0.05) is 245 Å². The molecule has 3 unspecified atom stereocenters. The zero-order valence-corrected chi connectivity index (χ0v) is 52.4. The molecule has 0 aliphatic heterocycles. The predicted octanol–water partition coefficient (Wildman–Crippen LogP) is 19.3. The molecule has 0 aromatic rings. The van der Waals surface area contributed by atoms with E-state index >= 15 is 0 Å². The summed E-state index contributed by atoms with van der Waals surface area (Å²) < 4.78 is 30.3. The number of phosphoric acid groups is 1. The van der Waals surface area contributed by atoms with Gasteiger partial charge in [0.05, 0.1) is 33.8 Å². The number of amides is 1. The molecule has 0 rings (SSSR count). The number of nitrogens with zero attached hydrogens (tertiary/aromatic N) is 1. The van der Waals surface area contributed by atoms with E-state index < -0.39 is 26.6 Å². The molecule has 0 aromatic heterocycles. The summed E-state index contributed by atoms with van der Waals surface area (Å²) in [5, 5.41) is 3.02. The van der Waals surface area contributed by atoms with Crippen molar-refractivity contribution < 1.29 is 37.3 Å². The van der Waals surface area contributed by atoms with Crippen molar-refractivity contribution in [1.82, 2.24) is 5.32 Å². The fourth-order valence-corrected chi connectivity index (χ4v) is 9.26. The van der Waals surface area contributed by atoms with Crippen LogP contribution in [0.5, 0.6) is 0 Å². The van der Waals surface area contributed by atoms with Crippen LogP contribution in [0, 0.1) is 0 Å². The number of ether oxygens (including phenoxy) is 1. The lowest BCUT2D eigenvalue weighted by Crippen LogP contribution is -2.47. The molecule has 0 spiro atoms. The molecule has 3 atom stereocenters. The highest BCUT2D eigenvalue weighted by Gasteiger charge is 2.27. The van der Waals surface area contributed by atoms with Crippen LogP contribution in [0.4, 0.5) is 0 Å². The minimum Gasteiger partial charge on any atom is -0.756 e. The number of allylic oxidation sites excluding steroid dienone is 19. The van der Waals surface area contributed by atoms with Crippen LogP contribution in [0.25, 0.3) is 0 Å². The lowest BCUT2D eigenvalue weighted by Gasteiger charge is -2.30. The van der Waals surface area contributed by atoms with Crippen molar-refractivity contribution in [2.24, 2.45) is 0 Å². The van der Waals surface area contributed by atoms with E-state index in [-0.39, 0.29) is 24.9 Å². The van der Waals surface area contributed by atoms with E-state index in [4.69, 9.17) is 13.8 Å². The van der Waals surface area contributed by atoms with Gasteiger partial charge in [0.15, 0.2) is 0 Å². The van der Waals surface area contributed by atoms with E-state index in [9.17, 15) is 19.0 Å². The van der Waals surface area contributed by atoms with Crippen molar-refractivity contribution in [2.75, 3.05) is 40.9 Å². The quantitative estimate of drug-likeness (QED) is 0.0212. The Bertz CT molecular complexity index is 1770. The SMILES string of the molecule is CC/C=C\C/C=C\C/C=C\C/C=C\C/C=C\C/C=C\CCCCCCCCC(=O)OC(/C=C\CCCCCCCCCCCC)C(COP(=O)([O-])OCC[N+](C)(C)C)NC(=O)CCCCCCCC/C=C/C/C=C/C/C=C/CC. The monoisotopic (exact) mass is 1120 g/mol. The van der Waals surface area contributed by atoms with Crippen molar-refractivity contribution in [3.05, 3.63) is 122 Å². The lowest BCUT2D eigenvalue weighted by molar-refractivity contribution is -0.870. The Morgan fingerprint density at radius 3 is 1.22 bits per heavy atom. The average molecular weight is 1120 g/mol. The van der Waals surface area contributed by atoms with Gasteiger partial charge in [0.1, 0.15) is 19.3 Å². The molecule has 0 radical (unpaired) electrons. The smallest absolute Gasteiger partial charge is 0.306 e. The number of esters is 1. The summed E-state index contributed by atoms with van der Waals surface area (Å²) in [7, 11) is 1.15. The van der Waals surface area contributed by atoms with Gasteiger partial charge in [0, 0.05) is 12.8 Å². The summed E-state index contributed by atoms with van der Waals surface area (Å²) in [4.78, 5) is 40.0. The van der Waals surface area contributed by atoms with E-state index in [1.54, 1.807) is 0 Å². The van der Waals surface area contributed by atoms with Crippen molar-refractivity contribution in [1.29, 1.82) is 0 Å². The van der Waals surface area contributed by atoms with E-state index in [0.29, 0.717) is 23.9 Å². The first-order chi connectivity index (χ1) is 38.4. The number of nitrogens with one attached hydrogen (secondary N) is 1. The van der Waals surface area contributed by atoms with Gasteiger partial charge in [-0.3, -0.25) is 14.2 Å². The third-order valence-corrected chi connectivity index (χ3v) is 14.4. The Balaban J connectivity index is 5.24. The summed E-state index contributed by atoms with van der Waals surface area (Å²) in [5.74, 6) is -0.580. The molecule has 0 heterocycles. The predicted molar refractivity (Wildman–Crippen MR) is 339 cm³/mol. The summed E-state index contributed by atoms with van der Waals surface area (Å²) in [6.07, 6.45) is 80.2. The van der Waals surface area contributed by atoms with E-state index in [1.807, 2.05) is 33.3 Å². The Morgan fingerprint density at radius 1 is 0.456 bits per heavy atom. The molecule has 0 aliphatic carbocycles. The zero-order chi connectivity index (χ0) is 57.9. The van der Waals surface area contributed by atoms with E-state index in [1.165, 1.54) is 51.4 Å². The lowest BCUT2D eigenvalue weighted by atomic mass is 10.0. The van der Waals surface area contributed by atoms with Gasteiger partial charge in [-0.05, 0) is 115 Å². The first-order valence-electron chi connectivity index (χ1n) is 31.8. The molecule has 0 bridgehead atoms. The number of unbranched alkanes of at least 4 members (excludes halogenated alkanes) is 22. The number of carbonyl (C=O) groups is 2. The first kappa shape index (κ1) is 75.4. The number of phosphoric ester groups is 1. The number of rotatable bonds is 56. The van der Waals surface area contributed by atoms with Crippen LogP contribution >= 0.6 is 7.82 Å². The second-order valence-electron chi connectivity index (χ2n) is 22.1. The van der Waals surface area contributed by atoms with Gasteiger partial charge in [0.2, 0.25) is 5.91 Å². The Morgan fingerprint density at radius 2 is 0.810 bits per heavy atom. The largest absolute Gasteiger partial charge is 0.756 e.